The van der Waals surface area contributed by atoms with E-state index in [0.717, 1.165) is 12.0 Å². The van der Waals surface area contributed by atoms with Gasteiger partial charge >= 0.3 is 5.97 Å². The first-order valence-corrected chi connectivity index (χ1v) is 6.21. The molecule has 1 rings (SSSR count). The van der Waals surface area contributed by atoms with Crippen LogP contribution in [0.25, 0.3) is 0 Å². The van der Waals surface area contributed by atoms with Gasteiger partial charge in [0.2, 0.25) is 5.91 Å². The Bertz CT molecular complexity index is 431. The molecule has 0 aliphatic carbocycles. The molecule has 0 spiro atoms. The van der Waals surface area contributed by atoms with Crippen molar-refractivity contribution >= 4 is 11.9 Å². The number of aromatic carboxylic acids is 1. The minimum atomic E-state index is -1.06. The van der Waals surface area contributed by atoms with Gasteiger partial charge in [-0.25, -0.2) is 9.78 Å². The lowest BCUT2D eigenvalue weighted by atomic mass is 10.2. The molecule has 0 saturated carbocycles. The average Bonchev–Trinajstić information content (AvgIpc) is 2.42. The summed E-state index contributed by atoms with van der Waals surface area (Å²) in [5.74, 6) is -1.16. The molecule has 1 aromatic rings. The van der Waals surface area contributed by atoms with E-state index in [9.17, 15) is 9.59 Å². The number of hydrogen-bond donors (Lipinski definition) is 3. The van der Waals surface area contributed by atoms with Gasteiger partial charge in [0, 0.05) is 18.8 Å². The van der Waals surface area contributed by atoms with Crippen LogP contribution in [0.2, 0.25) is 0 Å². The molecule has 1 heterocycles. The van der Waals surface area contributed by atoms with E-state index in [0.29, 0.717) is 12.6 Å². The second kappa shape index (κ2) is 7.48. The predicted octanol–water partition coefficient (Wildman–Crippen LogP) is 0.784. The van der Waals surface area contributed by atoms with Crippen LogP contribution in [0.4, 0.5) is 0 Å². The Morgan fingerprint density at radius 3 is 2.68 bits per heavy atom. The summed E-state index contributed by atoms with van der Waals surface area (Å²) >= 11 is 0. The summed E-state index contributed by atoms with van der Waals surface area (Å²) in [4.78, 5) is 25.9. The minimum Gasteiger partial charge on any atom is -0.477 e. The third kappa shape index (κ3) is 5.48. The lowest BCUT2D eigenvalue weighted by Gasteiger charge is -2.11. The van der Waals surface area contributed by atoms with Crippen LogP contribution >= 0.6 is 0 Å². The van der Waals surface area contributed by atoms with Crippen molar-refractivity contribution in [3.8, 4) is 0 Å². The van der Waals surface area contributed by atoms with Crippen molar-refractivity contribution in [2.45, 2.75) is 32.9 Å². The molecule has 0 bridgehead atoms. The van der Waals surface area contributed by atoms with E-state index in [2.05, 4.69) is 15.6 Å². The van der Waals surface area contributed by atoms with Gasteiger partial charge in [-0.2, -0.15) is 0 Å². The molecular weight excluding hydrogens is 246 g/mol. The van der Waals surface area contributed by atoms with Gasteiger partial charge in [0.05, 0.1) is 6.54 Å². The summed E-state index contributed by atoms with van der Waals surface area (Å²) in [5.41, 5.74) is 0.760. The van der Waals surface area contributed by atoms with Crippen molar-refractivity contribution < 1.29 is 14.7 Å². The molecule has 1 amide bonds. The lowest BCUT2D eigenvalue weighted by Crippen LogP contribution is -2.37. The monoisotopic (exact) mass is 265 g/mol. The van der Waals surface area contributed by atoms with Gasteiger partial charge in [-0.1, -0.05) is 13.0 Å². The quantitative estimate of drug-likeness (QED) is 0.678. The van der Waals surface area contributed by atoms with Crippen molar-refractivity contribution in [1.82, 2.24) is 15.6 Å². The van der Waals surface area contributed by atoms with Crippen LogP contribution in [0.1, 0.15) is 36.3 Å². The third-order valence-corrected chi connectivity index (χ3v) is 2.76. The molecule has 0 aliphatic rings. The first kappa shape index (κ1) is 15.1. The molecule has 6 heteroatoms. The number of rotatable bonds is 7. The van der Waals surface area contributed by atoms with E-state index in [1.54, 1.807) is 6.07 Å². The van der Waals surface area contributed by atoms with E-state index >= 15 is 0 Å². The molecule has 0 radical (unpaired) electrons. The molecule has 19 heavy (non-hydrogen) atoms. The summed E-state index contributed by atoms with van der Waals surface area (Å²) in [6.07, 6.45) is 2.42. The summed E-state index contributed by atoms with van der Waals surface area (Å²) in [6.45, 7) is 4.68. The molecule has 0 aromatic carbocycles. The second-order valence-corrected chi connectivity index (χ2v) is 4.32. The van der Waals surface area contributed by atoms with E-state index in [1.807, 2.05) is 13.8 Å². The molecule has 1 atom stereocenters. The number of nitrogens with zero attached hydrogens (tertiary/aromatic N) is 1. The maximum atomic E-state index is 11.5. The smallest absolute Gasteiger partial charge is 0.354 e. The van der Waals surface area contributed by atoms with Gasteiger partial charge in [-0.3, -0.25) is 4.79 Å². The number of nitrogens with one attached hydrogen (secondary N) is 2. The molecule has 1 unspecified atom stereocenters. The Balaban J connectivity index is 2.35. The maximum absolute atomic E-state index is 11.5. The Hall–Kier alpha value is -1.95. The van der Waals surface area contributed by atoms with E-state index in [4.69, 9.17) is 5.11 Å². The predicted molar refractivity (Wildman–Crippen MR) is 70.8 cm³/mol. The van der Waals surface area contributed by atoms with Crippen molar-refractivity contribution in [3.63, 3.8) is 0 Å². The van der Waals surface area contributed by atoms with Crippen LogP contribution in [-0.4, -0.2) is 34.6 Å². The van der Waals surface area contributed by atoms with Gasteiger partial charge in [0.15, 0.2) is 0 Å². The van der Waals surface area contributed by atoms with Gasteiger partial charge in [0.25, 0.3) is 0 Å². The summed E-state index contributed by atoms with van der Waals surface area (Å²) in [5, 5.41) is 14.5. The van der Waals surface area contributed by atoms with Gasteiger partial charge in [-0.05, 0) is 25.0 Å². The largest absolute Gasteiger partial charge is 0.477 e. The zero-order chi connectivity index (χ0) is 14.3. The van der Waals surface area contributed by atoms with E-state index < -0.39 is 5.97 Å². The fourth-order valence-corrected chi connectivity index (χ4v) is 1.33. The highest BCUT2D eigenvalue weighted by Crippen LogP contribution is 2.00. The van der Waals surface area contributed by atoms with Crippen LogP contribution in [0.5, 0.6) is 0 Å². The Morgan fingerprint density at radius 2 is 2.16 bits per heavy atom. The Morgan fingerprint density at radius 1 is 1.42 bits per heavy atom. The Labute approximate surface area is 112 Å². The third-order valence-electron chi connectivity index (χ3n) is 2.76. The van der Waals surface area contributed by atoms with Crippen molar-refractivity contribution in [3.05, 3.63) is 29.6 Å². The van der Waals surface area contributed by atoms with Crippen molar-refractivity contribution in [2.24, 2.45) is 0 Å². The van der Waals surface area contributed by atoms with E-state index in [-0.39, 0.29) is 18.1 Å². The zero-order valence-corrected chi connectivity index (χ0v) is 11.1. The molecular formula is C13H19N3O3. The fraction of sp³-hybridized carbons (Fsp3) is 0.462. The van der Waals surface area contributed by atoms with Crippen molar-refractivity contribution in [2.75, 3.05) is 6.54 Å². The average molecular weight is 265 g/mol. The number of carboxylic acid groups (broad SMARTS) is 1. The Kier molecular flexibility index (Phi) is 5.95. The summed E-state index contributed by atoms with van der Waals surface area (Å²) in [6, 6.07) is 3.36. The van der Waals surface area contributed by atoms with Gasteiger partial charge in [0.1, 0.15) is 5.69 Å². The normalized spacial score (nSPS) is 11.9. The number of amides is 1. The molecule has 0 saturated heterocycles. The summed E-state index contributed by atoms with van der Waals surface area (Å²) < 4.78 is 0. The number of hydrogen-bond acceptors (Lipinski definition) is 4. The second-order valence-electron chi connectivity index (χ2n) is 4.32. The summed E-state index contributed by atoms with van der Waals surface area (Å²) in [7, 11) is 0. The highest BCUT2D eigenvalue weighted by Gasteiger charge is 2.06. The topological polar surface area (TPSA) is 91.3 Å². The standard InChI is InChI=1S/C13H19N3O3/c1-3-9(2)14-8-12(17)16-7-10-4-5-11(13(18)19)15-6-10/h4-6,9,14H,3,7-8H2,1-2H3,(H,16,17)(H,18,19). The lowest BCUT2D eigenvalue weighted by molar-refractivity contribution is -0.120. The number of aromatic nitrogens is 1. The van der Waals surface area contributed by atoms with Crippen LogP contribution in [0.3, 0.4) is 0 Å². The van der Waals surface area contributed by atoms with Gasteiger partial charge in [-0.15, -0.1) is 0 Å². The molecule has 104 valence electrons. The zero-order valence-electron chi connectivity index (χ0n) is 11.1. The van der Waals surface area contributed by atoms with Crippen LogP contribution < -0.4 is 10.6 Å². The van der Waals surface area contributed by atoms with Crippen molar-refractivity contribution in [1.29, 1.82) is 0 Å². The highest BCUT2D eigenvalue weighted by molar-refractivity contribution is 5.85. The highest BCUT2D eigenvalue weighted by atomic mass is 16.4. The first-order chi connectivity index (χ1) is 9.02. The molecule has 0 aliphatic heterocycles. The molecule has 3 N–H and O–H groups in total. The molecule has 6 nitrogen and oxygen atoms in total. The maximum Gasteiger partial charge on any atom is 0.354 e. The number of carbonyl (C=O) groups is 2. The van der Waals surface area contributed by atoms with E-state index in [1.165, 1.54) is 12.3 Å². The fourth-order valence-electron chi connectivity index (χ4n) is 1.33. The minimum absolute atomic E-state index is 0.00601. The number of carbonyl (C=O) groups excluding carboxylic acids is 1. The molecule has 1 aromatic heterocycles. The first-order valence-electron chi connectivity index (χ1n) is 6.21. The number of carboxylic acids is 1. The van der Waals surface area contributed by atoms with Gasteiger partial charge < -0.3 is 15.7 Å². The van der Waals surface area contributed by atoms with Crippen LogP contribution in [-0.2, 0) is 11.3 Å². The molecule has 0 fully saturated rings. The SMILES string of the molecule is CCC(C)NCC(=O)NCc1ccc(C(=O)O)nc1. The van der Waals surface area contributed by atoms with Crippen LogP contribution in [0.15, 0.2) is 18.3 Å². The number of pyridine rings is 1. The van der Waals surface area contributed by atoms with Crippen LogP contribution in [0, 0.1) is 0 Å².